The van der Waals surface area contributed by atoms with Crippen LogP contribution in [-0.4, -0.2) is 57.5 Å². The zero-order valence-electron chi connectivity index (χ0n) is 13.4. The molecule has 0 aliphatic carbocycles. The minimum atomic E-state index is -3.46. The molecule has 26 heavy (non-hydrogen) atoms. The Balaban J connectivity index is 2.79. The van der Waals surface area contributed by atoms with Crippen LogP contribution in [0.3, 0.4) is 0 Å². The van der Waals surface area contributed by atoms with Crippen molar-refractivity contribution >= 4 is 34.9 Å². The van der Waals surface area contributed by atoms with Crippen LogP contribution in [0.15, 0.2) is 45.1 Å². The summed E-state index contributed by atoms with van der Waals surface area (Å²) in [6, 6.07) is 6.09. The molecule has 0 bridgehead atoms. The number of aliphatic hydroxyl groups is 3. The summed E-state index contributed by atoms with van der Waals surface area (Å²) in [5.41, 5.74) is -4.57. The SMILES string of the molecule is [B]C([B])(O)N=c1c(F)cn([S+]([O-])c2ccc(C)cc2)c(=O)n1C([B])(O)O. The highest BCUT2D eigenvalue weighted by Gasteiger charge is 2.29. The van der Waals surface area contributed by atoms with Gasteiger partial charge >= 0.3 is 5.69 Å². The van der Waals surface area contributed by atoms with Crippen molar-refractivity contribution in [1.82, 2.24) is 8.54 Å². The van der Waals surface area contributed by atoms with E-state index < -0.39 is 39.7 Å². The molecule has 1 atom stereocenters. The van der Waals surface area contributed by atoms with Crippen LogP contribution in [0.4, 0.5) is 4.39 Å². The number of benzene rings is 1. The third-order valence-electron chi connectivity index (χ3n) is 3.05. The third kappa shape index (κ3) is 4.49. The van der Waals surface area contributed by atoms with Crippen molar-refractivity contribution in [2.24, 2.45) is 4.99 Å². The second-order valence-corrected chi connectivity index (χ2v) is 6.75. The lowest BCUT2D eigenvalue weighted by Crippen LogP contribution is -2.55. The summed E-state index contributed by atoms with van der Waals surface area (Å²) in [6.07, 6.45) is 0.477. The van der Waals surface area contributed by atoms with E-state index in [0.29, 0.717) is 10.2 Å². The van der Waals surface area contributed by atoms with Gasteiger partial charge in [-0.05, 0) is 19.1 Å². The van der Waals surface area contributed by atoms with Crippen LogP contribution in [-0.2, 0) is 17.2 Å². The van der Waals surface area contributed by atoms with Crippen molar-refractivity contribution in [2.45, 2.75) is 23.2 Å². The van der Waals surface area contributed by atoms with Gasteiger partial charge in [-0.15, -0.1) is 3.97 Å². The minimum absolute atomic E-state index is 0.126. The quantitative estimate of drug-likeness (QED) is 0.304. The van der Waals surface area contributed by atoms with Gasteiger partial charge in [0.1, 0.15) is 33.3 Å². The zero-order valence-corrected chi connectivity index (χ0v) is 14.2. The van der Waals surface area contributed by atoms with Gasteiger partial charge in [0.05, 0.1) is 5.52 Å². The fraction of sp³-hybridized carbons (Fsp3) is 0.231. The van der Waals surface area contributed by atoms with Gasteiger partial charge in [0, 0.05) is 0 Å². The number of aromatic nitrogens is 2. The first-order valence-corrected chi connectivity index (χ1v) is 8.05. The second kappa shape index (κ2) is 7.08. The van der Waals surface area contributed by atoms with Crippen LogP contribution in [0.25, 0.3) is 0 Å². The van der Waals surface area contributed by atoms with Crippen molar-refractivity contribution in [3.63, 3.8) is 0 Å². The molecule has 6 radical (unpaired) electrons. The number of hydrogen-bond donors (Lipinski definition) is 3. The topological polar surface area (TPSA) is 123 Å². The van der Waals surface area contributed by atoms with Crippen LogP contribution < -0.4 is 11.2 Å². The van der Waals surface area contributed by atoms with Crippen molar-refractivity contribution in [2.75, 3.05) is 0 Å². The predicted molar refractivity (Wildman–Crippen MR) is 91.8 cm³/mol. The molecule has 2 aromatic rings. The standard InChI is InChI=1S/C13H11B3FN3O5S/c1-7-2-4-8(5-3-7)26(25)19-6-9(17)10(18-12(14,15)22)20(11(19)21)13(16,23)24/h2-6,22-24H,1H3. The van der Waals surface area contributed by atoms with E-state index in [0.717, 1.165) is 5.56 Å². The molecule has 3 N–H and O–H groups in total. The van der Waals surface area contributed by atoms with E-state index in [2.05, 4.69) is 4.99 Å². The van der Waals surface area contributed by atoms with Gasteiger partial charge < -0.3 is 19.9 Å². The Morgan fingerprint density at radius 1 is 1.19 bits per heavy atom. The second-order valence-electron chi connectivity index (χ2n) is 5.39. The Labute approximate surface area is 154 Å². The molecule has 1 aromatic heterocycles. The van der Waals surface area contributed by atoms with Gasteiger partial charge in [-0.2, -0.15) is 0 Å². The maximum atomic E-state index is 14.4. The Kier molecular flexibility index (Phi) is 5.59. The molecule has 130 valence electrons. The largest absolute Gasteiger partial charge is 0.587 e. The molecular formula is C13H11B3FN3O5S. The number of nitrogens with zero attached hydrogens (tertiary/aromatic N) is 3. The Hall–Kier alpha value is -1.79. The smallest absolute Gasteiger partial charge is 0.375 e. The number of rotatable bonds is 4. The first-order chi connectivity index (χ1) is 11.8. The molecule has 0 saturated carbocycles. The van der Waals surface area contributed by atoms with Gasteiger partial charge in [0.15, 0.2) is 29.9 Å². The lowest BCUT2D eigenvalue weighted by atomic mass is 9.74. The van der Waals surface area contributed by atoms with Crippen molar-refractivity contribution < 1.29 is 24.3 Å². The average molecular weight is 373 g/mol. The lowest BCUT2D eigenvalue weighted by molar-refractivity contribution is -0.158. The Morgan fingerprint density at radius 2 is 1.73 bits per heavy atom. The van der Waals surface area contributed by atoms with Crippen LogP contribution in [0, 0.1) is 12.7 Å². The molecular weight excluding hydrogens is 362 g/mol. The minimum Gasteiger partial charge on any atom is -0.587 e. The molecule has 0 aliphatic heterocycles. The Bertz CT molecular complexity index is 935. The summed E-state index contributed by atoms with van der Waals surface area (Å²) >= 11 is -2.25. The third-order valence-corrected chi connectivity index (χ3v) is 4.35. The molecule has 0 saturated heterocycles. The molecule has 0 spiro atoms. The van der Waals surface area contributed by atoms with Crippen molar-refractivity contribution in [3.8, 4) is 0 Å². The normalized spacial score (nSPS) is 14.5. The Morgan fingerprint density at radius 3 is 2.19 bits per heavy atom. The summed E-state index contributed by atoms with van der Waals surface area (Å²) in [4.78, 5) is 15.7. The van der Waals surface area contributed by atoms with Crippen LogP contribution in [0.5, 0.6) is 0 Å². The number of halogens is 1. The van der Waals surface area contributed by atoms with E-state index in [4.69, 9.17) is 23.5 Å². The molecule has 2 rings (SSSR count). The molecule has 0 aliphatic rings. The van der Waals surface area contributed by atoms with Crippen LogP contribution in [0.1, 0.15) is 5.56 Å². The maximum Gasteiger partial charge on any atom is 0.375 e. The summed E-state index contributed by atoms with van der Waals surface area (Å²) < 4.78 is 27.1. The summed E-state index contributed by atoms with van der Waals surface area (Å²) in [5.74, 6) is -4.86. The van der Waals surface area contributed by atoms with E-state index in [1.54, 1.807) is 19.1 Å². The molecule has 0 fully saturated rings. The fourth-order valence-electron chi connectivity index (χ4n) is 1.97. The van der Waals surface area contributed by atoms with E-state index in [1.807, 2.05) is 0 Å². The highest BCUT2D eigenvalue weighted by molar-refractivity contribution is 7.89. The van der Waals surface area contributed by atoms with Gasteiger partial charge in [-0.3, -0.25) is 4.99 Å². The van der Waals surface area contributed by atoms with Gasteiger partial charge in [-0.1, -0.05) is 17.7 Å². The summed E-state index contributed by atoms with van der Waals surface area (Å²) in [7, 11) is 15.1. The summed E-state index contributed by atoms with van der Waals surface area (Å²) in [5, 5.41) is 28.5. The maximum absolute atomic E-state index is 14.4. The number of aryl methyl sites for hydroxylation is 1. The molecule has 1 heterocycles. The number of hydrogen-bond acceptors (Lipinski definition) is 6. The zero-order chi connectivity index (χ0) is 19.9. The van der Waals surface area contributed by atoms with E-state index in [1.165, 1.54) is 12.1 Å². The molecule has 1 aromatic carbocycles. The highest BCUT2D eigenvalue weighted by atomic mass is 32.2. The molecule has 1 unspecified atom stereocenters. The molecule has 0 amide bonds. The van der Waals surface area contributed by atoms with E-state index in [-0.39, 0.29) is 9.46 Å². The fourth-order valence-corrected chi connectivity index (χ4v) is 2.98. The first-order valence-electron chi connectivity index (χ1n) is 6.94. The monoisotopic (exact) mass is 373 g/mol. The van der Waals surface area contributed by atoms with Crippen molar-refractivity contribution in [1.29, 1.82) is 0 Å². The van der Waals surface area contributed by atoms with Crippen molar-refractivity contribution in [3.05, 3.63) is 57.8 Å². The van der Waals surface area contributed by atoms with E-state index in [9.17, 15) is 29.1 Å². The predicted octanol–water partition coefficient (Wildman–Crippen LogP) is -2.77. The summed E-state index contributed by atoms with van der Waals surface area (Å²) in [6.45, 7) is 1.78. The molecule has 13 heteroatoms. The van der Waals surface area contributed by atoms with Crippen LogP contribution in [0.2, 0.25) is 0 Å². The van der Waals surface area contributed by atoms with Gasteiger partial charge in [0.2, 0.25) is 0 Å². The first kappa shape index (κ1) is 20.5. The lowest BCUT2D eigenvalue weighted by Gasteiger charge is -2.23. The van der Waals surface area contributed by atoms with Crippen LogP contribution >= 0.6 is 0 Å². The molecule has 8 nitrogen and oxygen atoms in total. The highest BCUT2D eigenvalue weighted by Crippen LogP contribution is 2.13. The average Bonchev–Trinajstić information content (AvgIpc) is 2.48. The van der Waals surface area contributed by atoms with Gasteiger partial charge in [-0.25, -0.2) is 13.8 Å². The van der Waals surface area contributed by atoms with Gasteiger partial charge in [0.25, 0.3) is 0 Å². The van der Waals surface area contributed by atoms with E-state index >= 15 is 0 Å².